The molecule has 1 aliphatic heterocycles. The van der Waals surface area contributed by atoms with Crippen molar-refractivity contribution in [1.82, 2.24) is 0 Å². The Bertz CT molecular complexity index is 713. The monoisotopic (exact) mass is 324 g/mol. The van der Waals surface area contributed by atoms with E-state index in [1.54, 1.807) is 0 Å². The van der Waals surface area contributed by atoms with Gasteiger partial charge in [0.1, 0.15) is 31.5 Å². The van der Waals surface area contributed by atoms with Crippen LogP contribution >= 0.6 is 0 Å². The molecule has 2 atom stereocenters. The Labute approximate surface area is 143 Å². The van der Waals surface area contributed by atoms with Crippen molar-refractivity contribution in [2.45, 2.75) is 38.3 Å². The summed E-state index contributed by atoms with van der Waals surface area (Å²) in [5, 5.41) is 10.4. The van der Waals surface area contributed by atoms with Crippen LogP contribution in [0.15, 0.2) is 42.5 Å². The molecule has 126 valence electrons. The van der Waals surface area contributed by atoms with Crippen LogP contribution in [0.2, 0.25) is 0 Å². The largest absolute Gasteiger partial charge is 0.491 e. The highest BCUT2D eigenvalue weighted by atomic mass is 16.5. The highest BCUT2D eigenvalue weighted by molar-refractivity contribution is 5.38. The van der Waals surface area contributed by atoms with Gasteiger partial charge in [0.25, 0.3) is 0 Å². The van der Waals surface area contributed by atoms with Crippen LogP contribution in [0.1, 0.15) is 28.7 Å². The Morgan fingerprint density at radius 3 is 2.67 bits per heavy atom. The maximum absolute atomic E-state index is 10.4. The lowest BCUT2D eigenvalue weighted by molar-refractivity contribution is -0.918. The first-order valence-electron chi connectivity index (χ1n) is 9.11. The van der Waals surface area contributed by atoms with Crippen LogP contribution < -0.4 is 9.64 Å². The smallest absolute Gasteiger partial charge is 0.137 e. The average molecular weight is 324 g/mol. The molecule has 2 aliphatic rings. The molecule has 0 bridgehead atoms. The van der Waals surface area contributed by atoms with Gasteiger partial charge in [-0.3, -0.25) is 0 Å². The maximum atomic E-state index is 10.4. The van der Waals surface area contributed by atoms with Crippen molar-refractivity contribution in [3.05, 3.63) is 64.7 Å². The van der Waals surface area contributed by atoms with Crippen LogP contribution in [0.4, 0.5) is 0 Å². The Balaban J connectivity index is 1.29. The van der Waals surface area contributed by atoms with E-state index in [4.69, 9.17) is 4.74 Å². The number of rotatable bonds is 5. The molecule has 1 heterocycles. The molecular formula is C21H26NO2+. The standard InChI is InChI=1S/C21H25NO2/c23-20(14-22-11-10-17-4-1-2-5-19(17)13-22)15-24-21-9-8-16-6-3-7-18(16)12-21/h1-2,4-5,8-9,12,20,23H,3,6-7,10-11,13-15H2/p+1/t20-/m0/s1. The van der Waals surface area contributed by atoms with E-state index in [1.807, 2.05) is 6.07 Å². The molecule has 0 amide bonds. The van der Waals surface area contributed by atoms with Crippen molar-refractivity contribution in [2.75, 3.05) is 19.7 Å². The summed E-state index contributed by atoms with van der Waals surface area (Å²) in [4.78, 5) is 1.44. The van der Waals surface area contributed by atoms with Gasteiger partial charge < -0.3 is 14.7 Å². The number of hydrogen-bond donors (Lipinski definition) is 2. The third kappa shape index (κ3) is 3.47. The molecule has 2 N–H and O–H groups in total. The zero-order valence-electron chi connectivity index (χ0n) is 14.1. The van der Waals surface area contributed by atoms with Crippen molar-refractivity contribution < 1.29 is 14.7 Å². The van der Waals surface area contributed by atoms with Gasteiger partial charge in [0.2, 0.25) is 0 Å². The normalized spacial score (nSPS) is 20.3. The molecule has 0 aromatic heterocycles. The minimum absolute atomic E-state index is 0.379. The minimum Gasteiger partial charge on any atom is -0.491 e. The molecule has 0 saturated carbocycles. The quantitative estimate of drug-likeness (QED) is 0.875. The van der Waals surface area contributed by atoms with Crippen LogP contribution in [0, 0.1) is 0 Å². The van der Waals surface area contributed by atoms with E-state index in [-0.39, 0.29) is 0 Å². The molecule has 0 saturated heterocycles. The molecule has 0 spiro atoms. The predicted octanol–water partition coefficient (Wildman–Crippen LogP) is 1.56. The van der Waals surface area contributed by atoms with E-state index in [1.165, 1.54) is 40.0 Å². The summed E-state index contributed by atoms with van der Waals surface area (Å²) < 4.78 is 5.84. The summed E-state index contributed by atoms with van der Waals surface area (Å²) in [6.07, 6.45) is 4.29. The van der Waals surface area contributed by atoms with Gasteiger partial charge in [-0.05, 0) is 48.1 Å². The molecule has 2 aromatic rings. The summed E-state index contributed by atoms with van der Waals surface area (Å²) in [5.74, 6) is 0.897. The van der Waals surface area contributed by atoms with Gasteiger partial charge >= 0.3 is 0 Å². The molecule has 24 heavy (non-hydrogen) atoms. The first-order chi connectivity index (χ1) is 11.8. The van der Waals surface area contributed by atoms with E-state index < -0.39 is 6.10 Å². The molecule has 1 unspecified atom stereocenters. The summed E-state index contributed by atoms with van der Waals surface area (Å²) in [6.45, 7) is 3.22. The van der Waals surface area contributed by atoms with Crippen molar-refractivity contribution in [3.63, 3.8) is 0 Å². The van der Waals surface area contributed by atoms with Crippen molar-refractivity contribution in [1.29, 1.82) is 0 Å². The van der Waals surface area contributed by atoms with Gasteiger partial charge in [0, 0.05) is 12.0 Å². The van der Waals surface area contributed by atoms with Crippen LogP contribution in [0.25, 0.3) is 0 Å². The summed E-state index contributed by atoms with van der Waals surface area (Å²) in [6, 6.07) is 15.0. The minimum atomic E-state index is -0.418. The highest BCUT2D eigenvalue weighted by Crippen LogP contribution is 2.26. The number of ether oxygens (including phenoxy) is 1. The molecule has 0 fully saturated rings. The van der Waals surface area contributed by atoms with Gasteiger partial charge in [0.15, 0.2) is 0 Å². The predicted molar refractivity (Wildman–Crippen MR) is 94.5 cm³/mol. The number of aliphatic hydroxyl groups excluding tert-OH is 1. The Hall–Kier alpha value is -1.84. The molecule has 4 rings (SSSR count). The second kappa shape index (κ2) is 6.96. The fourth-order valence-electron chi connectivity index (χ4n) is 4.04. The number of benzene rings is 2. The van der Waals surface area contributed by atoms with Gasteiger partial charge in [-0.15, -0.1) is 0 Å². The summed E-state index contributed by atoms with van der Waals surface area (Å²) in [5.41, 5.74) is 5.76. The van der Waals surface area contributed by atoms with Gasteiger partial charge in [-0.1, -0.05) is 30.3 Å². The Morgan fingerprint density at radius 2 is 1.75 bits per heavy atom. The van der Waals surface area contributed by atoms with Crippen LogP contribution in [-0.4, -0.2) is 30.9 Å². The molecule has 1 aliphatic carbocycles. The molecule has 3 heteroatoms. The molecule has 0 radical (unpaired) electrons. The fourth-order valence-corrected chi connectivity index (χ4v) is 4.04. The van der Waals surface area contributed by atoms with Crippen molar-refractivity contribution in [2.24, 2.45) is 0 Å². The third-order valence-electron chi connectivity index (χ3n) is 5.34. The zero-order valence-corrected chi connectivity index (χ0v) is 14.1. The maximum Gasteiger partial charge on any atom is 0.137 e. The average Bonchev–Trinajstić information content (AvgIpc) is 3.07. The fraction of sp³-hybridized carbons (Fsp3) is 0.429. The SMILES string of the molecule is O[C@H](COc1ccc2c(c1)CCC2)C[NH+]1CCc2ccccc2C1. The van der Waals surface area contributed by atoms with Crippen LogP contribution in [-0.2, 0) is 25.8 Å². The van der Waals surface area contributed by atoms with Crippen molar-refractivity contribution >= 4 is 0 Å². The molecular weight excluding hydrogens is 298 g/mol. The highest BCUT2D eigenvalue weighted by Gasteiger charge is 2.22. The number of hydrogen-bond acceptors (Lipinski definition) is 2. The van der Waals surface area contributed by atoms with Gasteiger partial charge in [-0.2, -0.15) is 0 Å². The first-order valence-corrected chi connectivity index (χ1v) is 9.11. The van der Waals surface area contributed by atoms with E-state index in [2.05, 4.69) is 36.4 Å². The topological polar surface area (TPSA) is 33.9 Å². The zero-order chi connectivity index (χ0) is 16.4. The molecule has 2 aromatic carbocycles. The number of quaternary nitrogens is 1. The van der Waals surface area contributed by atoms with E-state index in [0.717, 1.165) is 38.2 Å². The number of fused-ring (bicyclic) bond motifs is 2. The number of aliphatic hydroxyl groups is 1. The Morgan fingerprint density at radius 1 is 0.958 bits per heavy atom. The third-order valence-corrected chi connectivity index (χ3v) is 5.34. The van der Waals surface area contributed by atoms with Crippen LogP contribution in [0.5, 0.6) is 5.75 Å². The lowest BCUT2D eigenvalue weighted by Gasteiger charge is -2.27. The summed E-state index contributed by atoms with van der Waals surface area (Å²) in [7, 11) is 0. The Kier molecular flexibility index (Phi) is 4.54. The summed E-state index contributed by atoms with van der Waals surface area (Å²) >= 11 is 0. The van der Waals surface area contributed by atoms with E-state index in [0.29, 0.717) is 6.61 Å². The first kappa shape index (κ1) is 15.7. The lowest BCUT2D eigenvalue weighted by atomic mass is 10.00. The second-order valence-corrected chi connectivity index (χ2v) is 7.15. The lowest BCUT2D eigenvalue weighted by Crippen LogP contribution is -3.13. The van der Waals surface area contributed by atoms with Crippen LogP contribution in [0.3, 0.4) is 0 Å². The van der Waals surface area contributed by atoms with E-state index >= 15 is 0 Å². The van der Waals surface area contributed by atoms with Crippen molar-refractivity contribution in [3.8, 4) is 5.75 Å². The van der Waals surface area contributed by atoms with E-state index in [9.17, 15) is 5.11 Å². The number of aryl methyl sites for hydroxylation is 2. The number of nitrogens with one attached hydrogen (secondary N) is 1. The second-order valence-electron chi connectivity index (χ2n) is 7.15. The molecule has 3 nitrogen and oxygen atoms in total. The van der Waals surface area contributed by atoms with Gasteiger partial charge in [0.05, 0.1) is 6.54 Å². The van der Waals surface area contributed by atoms with Gasteiger partial charge in [-0.25, -0.2) is 0 Å².